The van der Waals surface area contributed by atoms with Gasteiger partial charge in [-0.25, -0.2) is 9.97 Å². The molecule has 0 amide bonds. The average Bonchev–Trinajstić information content (AvgIpc) is 3.51. The van der Waals surface area contributed by atoms with Gasteiger partial charge in [-0.2, -0.15) is 0 Å². The van der Waals surface area contributed by atoms with Crippen molar-refractivity contribution < 1.29 is 4.74 Å². The second-order valence-electron chi connectivity index (χ2n) is 8.36. The first kappa shape index (κ1) is 18.4. The molecule has 7 nitrogen and oxygen atoms in total. The SMILES string of the molecule is c1ccc([C@@H]2CC2c2nnc3cc(-c4ccnc(NC5CCOCC5)n4)ccn23)cc1. The van der Waals surface area contributed by atoms with Crippen LogP contribution < -0.4 is 5.32 Å². The van der Waals surface area contributed by atoms with Crippen LogP contribution in [0.15, 0.2) is 60.9 Å². The maximum atomic E-state index is 5.43. The number of nitrogens with one attached hydrogen (secondary N) is 1. The van der Waals surface area contributed by atoms with Crippen molar-refractivity contribution >= 4 is 11.6 Å². The van der Waals surface area contributed by atoms with Gasteiger partial charge in [-0.15, -0.1) is 10.2 Å². The first-order valence-electron chi connectivity index (χ1n) is 10.9. The van der Waals surface area contributed by atoms with E-state index < -0.39 is 0 Å². The van der Waals surface area contributed by atoms with Gasteiger partial charge < -0.3 is 10.1 Å². The van der Waals surface area contributed by atoms with Crippen molar-refractivity contribution in [1.82, 2.24) is 24.6 Å². The van der Waals surface area contributed by atoms with Gasteiger partial charge in [0.15, 0.2) is 5.65 Å². The molecule has 4 aromatic rings. The van der Waals surface area contributed by atoms with Crippen LogP contribution in [-0.2, 0) is 4.74 Å². The van der Waals surface area contributed by atoms with Crippen LogP contribution in [-0.4, -0.2) is 43.8 Å². The fraction of sp³-hybridized carbons (Fsp3) is 0.333. The van der Waals surface area contributed by atoms with E-state index in [1.165, 1.54) is 5.56 Å². The Hall–Kier alpha value is -3.32. The van der Waals surface area contributed by atoms with Crippen LogP contribution in [0.4, 0.5) is 5.95 Å². The fourth-order valence-corrected chi connectivity index (χ4v) is 4.48. The zero-order valence-corrected chi connectivity index (χ0v) is 17.2. The molecule has 1 N–H and O–H groups in total. The van der Waals surface area contributed by atoms with Crippen molar-refractivity contribution in [2.45, 2.75) is 37.1 Å². The molecule has 6 rings (SSSR count). The van der Waals surface area contributed by atoms with Crippen molar-refractivity contribution in [2.75, 3.05) is 18.5 Å². The molecule has 0 spiro atoms. The Morgan fingerprint density at radius 3 is 2.71 bits per heavy atom. The quantitative estimate of drug-likeness (QED) is 0.533. The third-order valence-electron chi connectivity index (χ3n) is 6.29. The molecule has 2 atom stereocenters. The Morgan fingerprint density at radius 2 is 1.84 bits per heavy atom. The van der Waals surface area contributed by atoms with E-state index >= 15 is 0 Å². The van der Waals surface area contributed by atoms with Crippen molar-refractivity contribution in [3.8, 4) is 11.3 Å². The molecule has 1 saturated heterocycles. The van der Waals surface area contributed by atoms with Gasteiger partial charge in [0.05, 0.1) is 5.69 Å². The molecule has 1 aliphatic carbocycles. The molecule has 3 aromatic heterocycles. The number of hydrogen-bond acceptors (Lipinski definition) is 6. The Bertz CT molecular complexity index is 1200. The Balaban J connectivity index is 1.24. The maximum Gasteiger partial charge on any atom is 0.223 e. The molecule has 0 bridgehead atoms. The molecule has 2 fully saturated rings. The minimum absolute atomic E-state index is 0.363. The summed E-state index contributed by atoms with van der Waals surface area (Å²) in [6.45, 7) is 1.57. The summed E-state index contributed by atoms with van der Waals surface area (Å²) in [5, 5.41) is 12.4. The lowest BCUT2D eigenvalue weighted by atomic mass is 10.1. The highest BCUT2D eigenvalue weighted by Crippen LogP contribution is 2.53. The van der Waals surface area contributed by atoms with Crippen LogP contribution in [0.1, 0.15) is 42.5 Å². The second kappa shape index (κ2) is 7.74. The summed E-state index contributed by atoms with van der Waals surface area (Å²) < 4.78 is 7.54. The van der Waals surface area contributed by atoms with E-state index in [-0.39, 0.29) is 0 Å². The number of aromatic nitrogens is 5. The summed E-state index contributed by atoms with van der Waals surface area (Å²) in [4.78, 5) is 9.13. The summed E-state index contributed by atoms with van der Waals surface area (Å²) >= 11 is 0. The van der Waals surface area contributed by atoms with Crippen LogP contribution in [0.3, 0.4) is 0 Å². The highest BCUT2D eigenvalue weighted by molar-refractivity contribution is 5.64. The van der Waals surface area contributed by atoms with E-state index in [1.807, 2.05) is 6.07 Å². The number of hydrogen-bond donors (Lipinski definition) is 1. The molecular weight excluding hydrogens is 388 g/mol. The third kappa shape index (κ3) is 3.65. The van der Waals surface area contributed by atoms with Crippen molar-refractivity contribution in [3.05, 3.63) is 72.3 Å². The molecule has 4 heterocycles. The molecule has 1 aromatic carbocycles. The predicted octanol–water partition coefficient (Wildman–Crippen LogP) is 4.05. The van der Waals surface area contributed by atoms with Crippen molar-refractivity contribution in [3.63, 3.8) is 0 Å². The van der Waals surface area contributed by atoms with E-state index in [0.717, 1.165) is 55.2 Å². The molecule has 1 saturated carbocycles. The van der Waals surface area contributed by atoms with Gasteiger partial charge in [-0.1, -0.05) is 30.3 Å². The lowest BCUT2D eigenvalue weighted by Gasteiger charge is -2.23. The number of nitrogens with zero attached hydrogens (tertiary/aromatic N) is 5. The van der Waals surface area contributed by atoms with E-state index in [9.17, 15) is 0 Å². The maximum absolute atomic E-state index is 5.43. The van der Waals surface area contributed by atoms with E-state index in [4.69, 9.17) is 9.72 Å². The second-order valence-corrected chi connectivity index (χ2v) is 8.36. The Labute approximate surface area is 180 Å². The number of anilines is 1. The van der Waals surface area contributed by atoms with Gasteiger partial charge in [-0.05, 0) is 48.9 Å². The summed E-state index contributed by atoms with van der Waals surface area (Å²) in [5.41, 5.74) is 4.12. The number of rotatable bonds is 5. The highest BCUT2D eigenvalue weighted by Gasteiger charge is 2.42. The van der Waals surface area contributed by atoms with Crippen LogP contribution >= 0.6 is 0 Å². The standard InChI is InChI=1S/C24H24N6O/c1-2-4-16(5-3-1)19-15-20(19)23-29-28-22-14-17(7-11-30(22)23)21-6-10-25-24(27-21)26-18-8-12-31-13-9-18/h1-7,10-11,14,18-20H,8-9,12-13,15H2,(H,25,26,27)/t19-,20?/m0/s1. The van der Waals surface area contributed by atoms with E-state index in [0.29, 0.717) is 23.8 Å². The number of benzene rings is 1. The first-order chi connectivity index (χ1) is 15.3. The monoisotopic (exact) mass is 412 g/mol. The number of pyridine rings is 1. The predicted molar refractivity (Wildman–Crippen MR) is 118 cm³/mol. The number of ether oxygens (including phenoxy) is 1. The summed E-state index contributed by atoms with van der Waals surface area (Å²) in [6.07, 6.45) is 6.95. The molecule has 2 aliphatic rings. The third-order valence-corrected chi connectivity index (χ3v) is 6.29. The minimum atomic E-state index is 0.363. The lowest BCUT2D eigenvalue weighted by molar-refractivity contribution is 0.0903. The van der Waals surface area contributed by atoms with Gasteiger partial charge >= 0.3 is 0 Å². The van der Waals surface area contributed by atoms with Crippen molar-refractivity contribution in [2.24, 2.45) is 0 Å². The molecule has 0 radical (unpaired) electrons. The topological polar surface area (TPSA) is 77.2 Å². The molecule has 156 valence electrons. The Morgan fingerprint density at radius 1 is 0.968 bits per heavy atom. The number of fused-ring (bicyclic) bond motifs is 1. The summed E-state index contributed by atoms with van der Waals surface area (Å²) in [6, 6.07) is 17.1. The minimum Gasteiger partial charge on any atom is -0.381 e. The van der Waals surface area contributed by atoms with Crippen LogP contribution in [0, 0.1) is 0 Å². The summed E-state index contributed by atoms with van der Waals surface area (Å²) in [7, 11) is 0. The average molecular weight is 412 g/mol. The highest BCUT2D eigenvalue weighted by atomic mass is 16.5. The van der Waals surface area contributed by atoms with Crippen molar-refractivity contribution in [1.29, 1.82) is 0 Å². The smallest absolute Gasteiger partial charge is 0.223 e. The van der Waals surface area contributed by atoms with Gasteiger partial charge in [0, 0.05) is 43.1 Å². The molecule has 7 heteroatoms. The Kier molecular flexibility index (Phi) is 4.61. The first-order valence-corrected chi connectivity index (χ1v) is 10.9. The van der Waals surface area contributed by atoms with Crippen LogP contribution in [0.5, 0.6) is 0 Å². The molecule has 1 unspecified atom stereocenters. The largest absolute Gasteiger partial charge is 0.381 e. The van der Waals surface area contributed by atoms with Crippen LogP contribution in [0.25, 0.3) is 16.9 Å². The van der Waals surface area contributed by atoms with E-state index in [1.54, 1.807) is 6.20 Å². The van der Waals surface area contributed by atoms with Gasteiger partial charge in [0.1, 0.15) is 5.82 Å². The molecule has 31 heavy (non-hydrogen) atoms. The zero-order valence-electron chi connectivity index (χ0n) is 17.2. The van der Waals surface area contributed by atoms with Gasteiger partial charge in [0.25, 0.3) is 0 Å². The zero-order chi connectivity index (χ0) is 20.6. The summed E-state index contributed by atoms with van der Waals surface area (Å²) in [5.74, 6) is 2.67. The van der Waals surface area contributed by atoms with Gasteiger partial charge in [-0.3, -0.25) is 4.40 Å². The normalized spacial score (nSPS) is 21.3. The van der Waals surface area contributed by atoms with Crippen LogP contribution in [0.2, 0.25) is 0 Å². The fourth-order valence-electron chi connectivity index (χ4n) is 4.48. The molecular formula is C24H24N6O. The molecule has 1 aliphatic heterocycles. The van der Waals surface area contributed by atoms with E-state index in [2.05, 4.69) is 73.6 Å². The lowest BCUT2D eigenvalue weighted by Crippen LogP contribution is -2.28. The van der Waals surface area contributed by atoms with Gasteiger partial charge in [0.2, 0.25) is 5.95 Å².